The summed E-state index contributed by atoms with van der Waals surface area (Å²) in [6.07, 6.45) is 0.589. The van der Waals surface area contributed by atoms with Crippen LogP contribution in [0.3, 0.4) is 0 Å². The van der Waals surface area contributed by atoms with Crippen LogP contribution in [-0.4, -0.2) is 50.5 Å². The first-order valence-electron chi connectivity index (χ1n) is 11.0. The number of hydrogen-bond acceptors (Lipinski definition) is 5. The Labute approximate surface area is 219 Å². The molecule has 0 aliphatic rings. The zero-order valence-corrected chi connectivity index (χ0v) is 21.8. The molecule has 0 unspecified atom stereocenters. The van der Waals surface area contributed by atoms with Crippen LogP contribution in [0.15, 0.2) is 60.7 Å². The number of ether oxygens (including phenoxy) is 1. The molecule has 3 aromatic carbocycles. The normalized spacial score (nSPS) is 12.5. The van der Waals surface area contributed by atoms with Gasteiger partial charge in [-0.05, 0) is 60.5 Å². The van der Waals surface area contributed by atoms with Gasteiger partial charge in [-0.3, -0.25) is 9.62 Å². The van der Waals surface area contributed by atoms with Crippen LogP contribution in [0.1, 0.15) is 11.1 Å². The van der Waals surface area contributed by atoms with Crippen molar-refractivity contribution in [3.05, 3.63) is 93.5 Å². The maximum atomic E-state index is 14.3. The highest BCUT2D eigenvalue weighted by Gasteiger charge is 2.18. The first-order chi connectivity index (χ1) is 17.0. The van der Waals surface area contributed by atoms with Crippen molar-refractivity contribution in [2.45, 2.75) is 19.1 Å². The van der Waals surface area contributed by atoms with E-state index in [4.69, 9.17) is 27.9 Å². The SMILES string of the molecule is CS(=O)(=O)Nc1ccc(OC[C@@H](O)CN(CCc2ccc(Cl)c(Cl)c2)Cc2c(F)cccc2F)cc1. The maximum Gasteiger partial charge on any atom is 0.229 e. The van der Waals surface area contributed by atoms with E-state index in [1.54, 1.807) is 29.2 Å². The maximum absolute atomic E-state index is 14.3. The highest BCUT2D eigenvalue weighted by Crippen LogP contribution is 2.23. The van der Waals surface area contributed by atoms with Crippen LogP contribution < -0.4 is 9.46 Å². The molecule has 1 atom stereocenters. The molecule has 0 spiro atoms. The van der Waals surface area contributed by atoms with Crippen molar-refractivity contribution >= 4 is 38.9 Å². The summed E-state index contributed by atoms with van der Waals surface area (Å²) in [4.78, 5) is 1.73. The van der Waals surface area contributed by atoms with Gasteiger partial charge in [-0.25, -0.2) is 17.2 Å². The molecular weight excluding hydrogens is 533 g/mol. The Hall–Kier alpha value is -2.43. The van der Waals surface area contributed by atoms with Gasteiger partial charge in [0.15, 0.2) is 0 Å². The fourth-order valence-electron chi connectivity index (χ4n) is 3.50. The van der Waals surface area contributed by atoms with E-state index in [9.17, 15) is 22.3 Å². The molecule has 0 saturated carbocycles. The Kier molecular flexibility index (Phi) is 9.92. The van der Waals surface area contributed by atoms with E-state index in [1.165, 1.54) is 30.3 Å². The number of aliphatic hydroxyl groups is 1. The van der Waals surface area contributed by atoms with Gasteiger partial charge >= 0.3 is 0 Å². The lowest BCUT2D eigenvalue weighted by Crippen LogP contribution is -2.37. The fourth-order valence-corrected chi connectivity index (χ4v) is 4.39. The van der Waals surface area contributed by atoms with Gasteiger partial charge in [-0.1, -0.05) is 35.3 Å². The van der Waals surface area contributed by atoms with Gasteiger partial charge in [-0.15, -0.1) is 0 Å². The van der Waals surface area contributed by atoms with Crippen LogP contribution in [-0.2, 0) is 23.0 Å². The lowest BCUT2D eigenvalue weighted by Gasteiger charge is -2.26. The van der Waals surface area contributed by atoms with Gasteiger partial charge in [0.25, 0.3) is 0 Å². The molecule has 0 aliphatic carbocycles. The predicted octanol–water partition coefficient (Wildman–Crippen LogP) is 5.13. The number of sulfonamides is 1. The van der Waals surface area contributed by atoms with Gasteiger partial charge in [0.1, 0.15) is 30.1 Å². The molecule has 0 aliphatic heterocycles. The first-order valence-corrected chi connectivity index (χ1v) is 13.6. The summed E-state index contributed by atoms with van der Waals surface area (Å²) in [5, 5.41) is 11.4. The molecular formula is C25H26Cl2F2N2O4S. The highest BCUT2D eigenvalue weighted by molar-refractivity contribution is 7.92. The van der Waals surface area contributed by atoms with E-state index in [1.807, 2.05) is 6.07 Å². The first kappa shape index (κ1) is 28.1. The van der Waals surface area contributed by atoms with Crippen molar-refractivity contribution in [3.8, 4) is 5.75 Å². The number of nitrogens with one attached hydrogen (secondary N) is 1. The average Bonchev–Trinajstić information content (AvgIpc) is 2.80. The van der Waals surface area contributed by atoms with Crippen molar-refractivity contribution in [2.75, 3.05) is 30.7 Å². The quantitative estimate of drug-likeness (QED) is 0.322. The zero-order chi connectivity index (χ0) is 26.3. The molecule has 0 aromatic heterocycles. The van der Waals surface area contributed by atoms with Crippen molar-refractivity contribution in [1.82, 2.24) is 4.90 Å². The standard InChI is InChI=1S/C25H26Cl2F2N2O4S/c1-36(33,34)30-18-6-8-20(9-7-18)35-16-19(32)14-31(15-21-24(28)3-2-4-25(21)29)12-11-17-5-10-22(26)23(27)13-17/h2-10,13,19,30,32H,11-12,14-16H2,1H3/t19-/m0/s1. The van der Waals surface area contributed by atoms with E-state index in [-0.39, 0.29) is 25.3 Å². The van der Waals surface area contributed by atoms with Crippen LogP contribution in [0.5, 0.6) is 5.75 Å². The van der Waals surface area contributed by atoms with Crippen molar-refractivity contribution in [1.29, 1.82) is 0 Å². The van der Waals surface area contributed by atoms with Gasteiger partial charge in [0.05, 0.1) is 16.3 Å². The Morgan fingerprint density at radius 1 is 1.03 bits per heavy atom. The van der Waals surface area contributed by atoms with E-state index >= 15 is 0 Å². The van der Waals surface area contributed by atoms with E-state index in [2.05, 4.69) is 4.72 Å². The lowest BCUT2D eigenvalue weighted by atomic mass is 10.1. The largest absolute Gasteiger partial charge is 0.491 e. The summed E-state index contributed by atoms with van der Waals surface area (Å²) in [6, 6.07) is 15.1. The molecule has 3 rings (SSSR count). The Bertz CT molecular complexity index is 1260. The van der Waals surface area contributed by atoms with Gasteiger partial charge < -0.3 is 9.84 Å². The molecule has 0 saturated heterocycles. The molecule has 0 radical (unpaired) electrons. The number of halogens is 4. The monoisotopic (exact) mass is 558 g/mol. The summed E-state index contributed by atoms with van der Waals surface area (Å²) >= 11 is 12.1. The third-order valence-corrected chi connectivity index (χ3v) is 6.56. The molecule has 3 aromatic rings. The Morgan fingerprint density at radius 2 is 1.69 bits per heavy atom. The molecule has 6 nitrogen and oxygen atoms in total. The second kappa shape index (κ2) is 12.7. The fraction of sp³-hybridized carbons (Fsp3) is 0.280. The number of aliphatic hydroxyl groups excluding tert-OH is 1. The van der Waals surface area contributed by atoms with E-state index in [0.717, 1.165) is 11.8 Å². The molecule has 194 valence electrons. The number of anilines is 1. The second-order valence-electron chi connectivity index (χ2n) is 8.30. The molecule has 2 N–H and O–H groups in total. The van der Waals surface area contributed by atoms with Crippen LogP contribution in [0.25, 0.3) is 0 Å². The third-order valence-electron chi connectivity index (χ3n) is 5.21. The molecule has 36 heavy (non-hydrogen) atoms. The summed E-state index contributed by atoms with van der Waals surface area (Å²) < 4.78 is 59.2. The number of hydrogen-bond donors (Lipinski definition) is 2. The van der Waals surface area contributed by atoms with Gasteiger partial charge in [0.2, 0.25) is 10.0 Å². The number of benzene rings is 3. The van der Waals surface area contributed by atoms with Crippen LogP contribution >= 0.6 is 23.2 Å². The average molecular weight is 559 g/mol. The van der Waals surface area contributed by atoms with Crippen LogP contribution in [0, 0.1) is 11.6 Å². The lowest BCUT2D eigenvalue weighted by molar-refractivity contribution is 0.0652. The number of nitrogens with zero attached hydrogens (tertiary/aromatic N) is 1. The number of rotatable bonds is 12. The predicted molar refractivity (Wildman–Crippen MR) is 138 cm³/mol. The summed E-state index contributed by atoms with van der Waals surface area (Å²) in [5.41, 5.74) is 1.18. The summed E-state index contributed by atoms with van der Waals surface area (Å²) in [7, 11) is -3.40. The minimum Gasteiger partial charge on any atom is -0.491 e. The Balaban J connectivity index is 1.64. The smallest absolute Gasteiger partial charge is 0.229 e. The van der Waals surface area contributed by atoms with Crippen molar-refractivity contribution in [2.24, 2.45) is 0 Å². The van der Waals surface area contributed by atoms with Crippen molar-refractivity contribution < 1.29 is 27.0 Å². The van der Waals surface area contributed by atoms with Gasteiger partial charge in [-0.2, -0.15) is 0 Å². The zero-order valence-electron chi connectivity index (χ0n) is 19.4. The highest BCUT2D eigenvalue weighted by atomic mass is 35.5. The Morgan fingerprint density at radius 3 is 2.31 bits per heavy atom. The molecule has 0 fully saturated rings. The molecule has 0 bridgehead atoms. The van der Waals surface area contributed by atoms with Crippen LogP contribution in [0.2, 0.25) is 10.0 Å². The molecule has 0 amide bonds. The summed E-state index contributed by atoms with van der Waals surface area (Å²) in [5.74, 6) is -0.901. The molecule has 0 heterocycles. The topological polar surface area (TPSA) is 78.9 Å². The van der Waals surface area contributed by atoms with Gasteiger partial charge in [0, 0.05) is 30.9 Å². The summed E-state index contributed by atoms with van der Waals surface area (Å²) in [6.45, 7) is 0.335. The minimum absolute atomic E-state index is 0.0528. The van der Waals surface area contributed by atoms with Crippen LogP contribution in [0.4, 0.5) is 14.5 Å². The van der Waals surface area contributed by atoms with E-state index in [0.29, 0.717) is 34.4 Å². The minimum atomic E-state index is -3.40. The van der Waals surface area contributed by atoms with E-state index < -0.39 is 27.8 Å². The van der Waals surface area contributed by atoms with Crippen molar-refractivity contribution in [3.63, 3.8) is 0 Å². The second-order valence-corrected chi connectivity index (χ2v) is 10.9. The third kappa shape index (κ3) is 8.90. The molecule has 11 heteroatoms.